The first-order chi connectivity index (χ1) is 20.9. The average Bonchev–Trinajstić information content (AvgIpc) is 2.98. The third-order valence-electron chi connectivity index (χ3n) is 9.17. The molecule has 0 fully saturated rings. The Bertz CT molecular complexity index is 438. The second kappa shape index (κ2) is 41.2. The van der Waals surface area contributed by atoms with Crippen LogP contribution in [0.15, 0.2) is 0 Å². The Labute approximate surface area is 288 Å². The Morgan fingerprint density at radius 3 is 0.727 bits per heavy atom. The summed E-state index contributed by atoms with van der Waals surface area (Å²) < 4.78 is 1.12. The molecule has 0 unspecified atom stereocenters. The lowest BCUT2D eigenvalue weighted by Gasteiger charge is -2.23. The highest BCUT2D eigenvalue weighted by molar-refractivity contribution is 5.85. The third-order valence-corrected chi connectivity index (χ3v) is 9.17. The molecule has 0 rings (SSSR count). The van der Waals surface area contributed by atoms with Crippen LogP contribution in [0.5, 0.6) is 0 Å². The predicted molar refractivity (Wildman–Crippen MR) is 208 cm³/mol. The fraction of sp³-hybridized carbons (Fsp3) is 1.00. The summed E-state index contributed by atoms with van der Waals surface area (Å²) in [5.41, 5.74) is 0. The topological polar surface area (TPSA) is 3.24 Å². The number of rotatable bonds is 34. The van der Waals surface area contributed by atoms with Crippen LogP contribution < -0.4 is 0 Å². The Morgan fingerprint density at radius 1 is 0.295 bits per heavy atom. The van der Waals surface area contributed by atoms with E-state index in [-0.39, 0.29) is 12.4 Å². The number of quaternary nitrogens is 1. The zero-order valence-electron chi connectivity index (χ0n) is 32.3. The van der Waals surface area contributed by atoms with Gasteiger partial charge in [-0.1, -0.05) is 188 Å². The molecular weight excluding hydrogens is 556 g/mol. The molecule has 270 valence electrons. The highest BCUT2D eigenvalue weighted by Crippen LogP contribution is 2.13. The van der Waals surface area contributed by atoms with Gasteiger partial charge in [0.25, 0.3) is 0 Å². The summed E-state index contributed by atoms with van der Waals surface area (Å²) in [4.78, 5) is 2.79. The number of hydrogen-bond donors (Lipinski definition) is 0. The monoisotopic (exact) mass is 646 g/mol. The third kappa shape index (κ3) is 46.6. The molecule has 0 aromatic rings. The van der Waals surface area contributed by atoms with Crippen LogP contribution >= 0.6 is 12.4 Å². The van der Waals surface area contributed by atoms with Crippen molar-refractivity contribution in [3.63, 3.8) is 0 Å². The molecule has 0 aromatic heterocycles. The molecule has 0 saturated heterocycles. The van der Waals surface area contributed by atoms with E-state index in [0.717, 1.165) is 4.48 Å². The van der Waals surface area contributed by atoms with Gasteiger partial charge in [0.15, 0.2) is 0 Å². The first-order valence-corrected chi connectivity index (χ1v) is 20.4. The number of nitrogens with zero attached hydrogens (tertiary/aromatic N) is 2. The Morgan fingerprint density at radius 2 is 0.500 bits per heavy atom. The van der Waals surface area contributed by atoms with Gasteiger partial charge < -0.3 is 9.38 Å². The van der Waals surface area contributed by atoms with Crippen LogP contribution in [0, 0.1) is 0 Å². The maximum atomic E-state index is 2.79. The summed E-state index contributed by atoms with van der Waals surface area (Å²) in [5.74, 6) is 0. The second-order valence-electron chi connectivity index (χ2n) is 15.0. The van der Waals surface area contributed by atoms with E-state index in [1.165, 1.54) is 219 Å². The summed E-state index contributed by atoms with van der Waals surface area (Å²) >= 11 is 0. The van der Waals surface area contributed by atoms with Gasteiger partial charge in [-0.15, -0.1) is 12.4 Å². The van der Waals surface area contributed by atoms with Crippen molar-refractivity contribution in [3.05, 3.63) is 0 Å². The van der Waals surface area contributed by atoms with Gasteiger partial charge in [0, 0.05) is 0 Å². The quantitative estimate of drug-likeness (QED) is 0.0497. The zero-order valence-corrected chi connectivity index (χ0v) is 33.2. The van der Waals surface area contributed by atoms with E-state index < -0.39 is 0 Å². The summed E-state index contributed by atoms with van der Waals surface area (Å²) in [6, 6.07) is 0. The molecule has 0 heterocycles. The maximum absolute atomic E-state index is 2.79. The van der Waals surface area contributed by atoms with Crippen molar-refractivity contribution in [1.82, 2.24) is 4.90 Å². The van der Waals surface area contributed by atoms with Crippen LogP contribution in [0.1, 0.15) is 220 Å². The minimum atomic E-state index is 0. The Balaban J connectivity index is -0.000000786. The standard InChI is InChI=1S/C24H51N.C17H38N.ClH/c1-4-7-10-13-16-19-22-25(23-20-17-14-11-8-5-2)24-21-18-15-12-9-6-3;1-5-6-7-8-9-10-11-12-13-14-15-16-17-18(2,3)4;/h4-24H2,1-3H3;5-17H2,1-4H3;1H/q;+1;. The van der Waals surface area contributed by atoms with E-state index in [4.69, 9.17) is 0 Å². The fourth-order valence-corrected chi connectivity index (χ4v) is 6.11. The summed E-state index contributed by atoms with van der Waals surface area (Å²) in [6.45, 7) is 14.6. The van der Waals surface area contributed by atoms with E-state index in [1.807, 2.05) is 0 Å². The summed E-state index contributed by atoms with van der Waals surface area (Å²) in [6.07, 6.45) is 43.1. The zero-order chi connectivity index (χ0) is 32.1. The normalized spacial score (nSPS) is 11.5. The average molecular weight is 647 g/mol. The number of hydrogen-bond acceptors (Lipinski definition) is 1. The second-order valence-corrected chi connectivity index (χ2v) is 15.0. The molecule has 0 aliphatic heterocycles. The van der Waals surface area contributed by atoms with Crippen LogP contribution in [0.25, 0.3) is 0 Å². The maximum Gasteiger partial charge on any atom is 0.0780 e. The molecule has 0 aromatic carbocycles. The van der Waals surface area contributed by atoms with Gasteiger partial charge in [0.2, 0.25) is 0 Å². The van der Waals surface area contributed by atoms with E-state index >= 15 is 0 Å². The smallest absolute Gasteiger partial charge is 0.0780 e. The van der Waals surface area contributed by atoms with E-state index in [2.05, 4.69) is 53.7 Å². The molecule has 0 saturated carbocycles. The molecule has 0 bridgehead atoms. The van der Waals surface area contributed by atoms with Crippen LogP contribution in [0.3, 0.4) is 0 Å². The number of halogens is 1. The van der Waals surface area contributed by atoms with Gasteiger partial charge in [0.05, 0.1) is 27.7 Å². The largest absolute Gasteiger partial charge is 0.331 e. The molecule has 2 nitrogen and oxygen atoms in total. The van der Waals surface area contributed by atoms with E-state index in [9.17, 15) is 0 Å². The van der Waals surface area contributed by atoms with Crippen LogP contribution in [-0.2, 0) is 0 Å². The van der Waals surface area contributed by atoms with Gasteiger partial charge in [-0.05, 0) is 51.7 Å². The first-order valence-electron chi connectivity index (χ1n) is 20.4. The minimum Gasteiger partial charge on any atom is -0.331 e. The highest BCUT2D eigenvalue weighted by atomic mass is 35.5. The van der Waals surface area contributed by atoms with Gasteiger partial charge in [-0.2, -0.15) is 0 Å². The van der Waals surface area contributed by atoms with Crippen molar-refractivity contribution in [3.8, 4) is 0 Å². The predicted octanol–water partition coefficient (Wildman–Crippen LogP) is 14.2. The SMILES string of the molecule is CCCCCCCCCCCCCC[N+](C)(C)C.CCCCCCCCN(CCCCCCCC)CCCCCCCC.Cl. The van der Waals surface area contributed by atoms with E-state index in [0.29, 0.717) is 0 Å². The molecule has 0 aliphatic rings. The molecule has 44 heavy (non-hydrogen) atoms. The van der Waals surface area contributed by atoms with Crippen LogP contribution in [0.4, 0.5) is 0 Å². The Hall–Kier alpha value is 0.210. The molecule has 0 radical (unpaired) electrons. The van der Waals surface area contributed by atoms with Crippen LogP contribution in [0.2, 0.25) is 0 Å². The van der Waals surface area contributed by atoms with Crippen molar-refractivity contribution in [1.29, 1.82) is 0 Å². The summed E-state index contributed by atoms with van der Waals surface area (Å²) in [5, 5.41) is 0. The van der Waals surface area contributed by atoms with Gasteiger partial charge in [-0.25, -0.2) is 0 Å². The highest BCUT2D eigenvalue weighted by Gasteiger charge is 2.06. The lowest BCUT2D eigenvalue weighted by Crippen LogP contribution is -2.35. The molecule has 0 spiro atoms. The number of unbranched alkanes of at least 4 members (excludes halogenated alkanes) is 26. The van der Waals surface area contributed by atoms with Gasteiger partial charge >= 0.3 is 0 Å². The van der Waals surface area contributed by atoms with Gasteiger partial charge in [-0.3, -0.25) is 0 Å². The minimum absolute atomic E-state index is 0. The van der Waals surface area contributed by atoms with E-state index in [1.54, 1.807) is 0 Å². The van der Waals surface area contributed by atoms with Crippen molar-refractivity contribution >= 4 is 12.4 Å². The molecular formula is C41H90ClN2+. The summed E-state index contributed by atoms with van der Waals surface area (Å²) in [7, 11) is 6.87. The first kappa shape index (κ1) is 48.6. The molecule has 0 aliphatic carbocycles. The van der Waals surface area contributed by atoms with Crippen LogP contribution in [-0.4, -0.2) is 56.7 Å². The fourth-order valence-electron chi connectivity index (χ4n) is 6.11. The lowest BCUT2D eigenvalue weighted by molar-refractivity contribution is -0.870. The molecule has 0 N–H and O–H groups in total. The van der Waals surface area contributed by atoms with Crippen molar-refractivity contribution in [2.24, 2.45) is 0 Å². The van der Waals surface area contributed by atoms with Crippen molar-refractivity contribution in [2.45, 2.75) is 220 Å². The molecule has 0 atom stereocenters. The van der Waals surface area contributed by atoms with Crippen molar-refractivity contribution in [2.75, 3.05) is 47.3 Å². The van der Waals surface area contributed by atoms with Crippen molar-refractivity contribution < 1.29 is 4.48 Å². The molecule has 3 heteroatoms. The lowest BCUT2D eigenvalue weighted by atomic mass is 10.1. The Kier molecular flexibility index (Phi) is 45.5. The molecule has 0 amide bonds. The van der Waals surface area contributed by atoms with Gasteiger partial charge in [0.1, 0.15) is 0 Å².